The molecule has 3 nitrogen and oxygen atoms in total. The fraction of sp³-hybridized carbons (Fsp3) is 0.278. The Labute approximate surface area is 143 Å². The van der Waals surface area contributed by atoms with Gasteiger partial charge in [0.2, 0.25) is 0 Å². The molecule has 23 heavy (non-hydrogen) atoms. The molecule has 2 aromatic rings. The Morgan fingerprint density at radius 3 is 2.39 bits per heavy atom. The van der Waals surface area contributed by atoms with E-state index >= 15 is 0 Å². The lowest BCUT2D eigenvalue weighted by Gasteiger charge is -2.32. The Hall–Kier alpha value is -1.72. The van der Waals surface area contributed by atoms with Crippen molar-refractivity contribution in [3.8, 4) is 0 Å². The first kappa shape index (κ1) is 16.1. The maximum atomic E-state index is 13.0. The molecule has 0 aromatic heterocycles. The minimum absolute atomic E-state index is 0.00931. The number of amides is 1. The van der Waals surface area contributed by atoms with Crippen LogP contribution in [-0.2, 0) is 6.54 Å². The van der Waals surface area contributed by atoms with E-state index in [1.165, 1.54) is 22.6 Å². The summed E-state index contributed by atoms with van der Waals surface area (Å²) in [5.74, 6) is -0.325. The molecule has 0 unspecified atom stereocenters. The van der Waals surface area contributed by atoms with E-state index in [4.69, 9.17) is 0 Å². The molecule has 0 bridgehead atoms. The van der Waals surface area contributed by atoms with Gasteiger partial charge in [-0.15, -0.1) is 0 Å². The van der Waals surface area contributed by atoms with E-state index < -0.39 is 0 Å². The van der Waals surface area contributed by atoms with Gasteiger partial charge in [0.1, 0.15) is 12.4 Å². The second-order valence-electron chi connectivity index (χ2n) is 5.82. The van der Waals surface area contributed by atoms with Gasteiger partial charge in [-0.05, 0) is 30.3 Å². The topological polar surface area (TPSA) is 24.8 Å². The van der Waals surface area contributed by atoms with Crippen molar-refractivity contribution in [2.45, 2.75) is 6.54 Å². The number of hydrogen-bond acceptors (Lipinski definition) is 1. The number of quaternary nitrogens is 1. The molecule has 1 amide bonds. The van der Waals surface area contributed by atoms with Crippen LogP contribution in [0.15, 0.2) is 53.0 Å². The van der Waals surface area contributed by atoms with Gasteiger partial charge in [0.05, 0.1) is 26.2 Å². The first-order valence-corrected chi connectivity index (χ1v) is 8.54. The monoisotopic (exact) mass is 377 g/mol. The second kappa shape index (κ2) is 7.23. The summed E-state index contributed by atoms with van der Waals surface area (Å²) in [4.78, 5) is 15.7. The van der Waals surface area contributed by atoms with Crippen LogP contribution in [0, 0.1) is 5.82 Å². The van der Waals surface area contributed by atoms with Gasteiger partial charge in [-0.25, -0.2) is 4.39 Å². The molecular formula is C18H19BrFN2O+. The summed E-state index contributed by atoms with van der Waals surface area (Å²) in [6.07, 6.45) is 0. The first-order chi connectivity index (χ1) is 11.1. The molecule has 0 radical (unpaired) electrons. The number of nitrogens with one attached hydrogen (secondary N) is 1. The van der Waals surface area contributed by atoms with Crippen molar-refractivity contribution in [1.82, 2.24) is 4.90 Å². The SMILES string of the molecule is O=C(c1ccc(F)cc1)N1CC[NH+](Cc2ccccc2Br)CC1. The molecule has 120 valence electrons. The zero-order valence-electron chi connectivity index (χ0n) is 12.8. The van der Waals surface area contributed by atoms with Crippen LogP contribution in [0.25, 0.3) is 0 Å². The predicted molar refractivity (Wildman–Crippen MR) is 90.8 cm³/mol. The van der Waals surface area contributed by atoms with Crippen molar-refractivity contribution in [1.29, 1.82) is 0 Å². The standard InChI is InChI=1S/C18H18BrFN2O/c19-17-4-2-1-3-15(17)13-21-9-11-22(12-10-21)18(23)14-5-7-16(20)8-6-14/h1-8H,9-13H2/p+1. The van der Waals surface area contributed by atoms with Crippen LogP contribution in [0.1, 0.15) is 15.9 Å². The van der Waals surface area contributed by atoms with Gasteiger partial charge < -0.3 is 9.80 Å². The average Bonchev–Trinajstić information content (AvgIpc) is 2.58. The Bertz CT molecular complexity index is 682. The van der Waals surface area contributed by atoms with E-state index in [2.05, 4.69) is 28.1 Å². The Kier molecular flexibility index (Phi) is 5.08. The lowest BCUT2D eigenvalue weighted by Crippen LogP contribution is -3.13. The third-order valence-electron chi connectivity index (χ3n) is 4.25. The van der Waals surface area contributed by atoms with E-state index in [1.54, 1.807) is 12.1 Å². The number of halogens is 2. The molecule has 1 aliphatic rings. The van der Waals surface area contributed by atoms with E-state index in [9.17, 15) is 9.18 Å². The third-order valence-corrected chi connectivity index (χ3v) is 5.02. The molecule has 1 fully saturated rings. The van der Waals surface area contributed by atoms with E-state index in [-0.39, 0.29) is 11.7 Å². The fourth-order valence-corrected chi connectivity index (χ4v) is 3.31. The molecule has 0 spiro atoms. The first-order valence-electron chi connectivity index (χ1n) is 7.75. The molecule has 0 aliphatic carbocycles. The van der Waals surface area contributed by atoms with Crippen molar-refractivity contribution in [2.75, 3.05) is 26.2 Å². The van der Waals surface area contributed by atoms with Crippen molar-refractivity contribution in [3.63, 3.8) is 0 Å². The highest BCUT2D eigenvalue weighted by Crippen LogP contribution is 2.14. The van der Waals surface area contributed by atoms with Crippen LogP contribution in [0.4, 0.5) is 4.39 Å². The largest absolute Gasteiger partial charge is 0.328 e. The zero-order valence-corrected chi connectivity index (χ0v) is 14.4. The second-order valence-corrected chi connectivity index (χ2v) is 6.67. The highest BCUT2D eigenvalue weighted by atomic mass is 79.9. The van der Waals surface area contributed by atoms with Gasteiger partial charge in [-0.1, -0.05) is 34.1 Å². The smallest absolute Gasteiger partial charge is 0.254 e. The minimum Gasteiger partial charge on any atom is -0.328 e. The zero-order chi connectivity index (χ0) is 16.2. The molecule has 0 atom stereocenters. The number of carbonyl (C=O) groups excluding carboxylic acids is 1. The molecule has 1 saturated heterocycles. The fourth-order valence-electron chi connectivity index (χ4n) is 2.89. The van der Waals surface area contributed by atoms with E-state index in [0.29, 0.717) is 5.56 Å². The van der Waals surface area contributed by atoms with Crippen molar-refractivity contribution in [3.05, 3.63) is 69.9 Å². The van der Waals surface area contributed by atoms with Crippen LogP contribution in [0.3, 0.4) is 0 Å². The minimum atomic E-state index is -0.316. The summed E-state index contributed by atoms with van der Waals surface area (Å²) in [6, 6.07) is 14.0. The molecule has 3 rings (SSSR count). The van der Waals surface area contributed by atoms with Crippen LogP contribution < -0.4 is 4.90 Å². The third kappa shape index (κ3) is 3.98. The molecule has 5 heteroatoms. The molecule has 2 aromatic carbocycles. The molecule has 0 saturated carbocycles. The lowest BCUT2D eigenvalue weighted by molar-refractivity contribution is -0.917. The van der Waals surface area contributed by atoms with Crippen molar-refractivity contribution >= 4 is 21.8 Å². The van der Waals surface area contributed by atoms with Crippen LogP contribution in [0.5, 0.6) is 0 Å². The van der Waals surface area contributed by atoms with Gasteiger partial charge in [0, 0.05) is 15.6 Å². The molecule has 1 N–H and O–H groups in total. The molecule has 1 aliphatic heterocycles. The maximum absolute atomic E-state index is 13.0. The van der Waals surface area contributed by atoms with Crippen LogP contribution >= 0.6 is 15.9 Å². The number of carbonyl (C=O) groups is 1. The average molecular weight is 378 g/mol. The lowest BCUT2D eigenvalue weighted by atomic mass is 10.1. The van der Waals surface area contributed by atoms with Gasteiger partial charge in [0.15, 0.2) is 0 Å². The van der Waals surface area contributed by atoms with Crippen LogP contribution in [0.2, 0.25) is 0 Å². The number of benzene rings is 2. The Morgan fingerprint density at radius 2 is 1.74 bits per heavy atom. The van der Waals surface area contributed by atoms with E-state index in [0.717, 1.165) is 37.2 Å². The predicted octanol–water partition coefficient (Wildman–Crippen LogP) is 2.13. The van der Waals surface area contributed by atoms with Crippen molar-refractivity contribution < 1.29 is 14.1 Å². The van der Waals surface area contributed by atoms with Gasteiger partial charge in [-0.2, -0.15) is 0 Å². The summed E-state index contributed by atoms with van der Waals surface area (Å²) >= 11 is 3.59. The van der Waals surface area contributed by atoms with E-state index in [1.807, 2.05) is 17.0 Å². The van der Waals surface area contributed by atoms with Crippen LogP contribution in [-0.4, -0.2) is 37.0 Å². The summed E-state index contributed by atoms with van der Waals surface area (Å²) in [5, 5.41) is 0. The Morgan fingerprint density at radius 1 is 1.09 bits per heavy atom. The Balaban J connectivity index is 1.57. The number of nitrogens with zero attached hydrogens (tertiary/aromatic N) is 1. The summed E-state index contributed by atoms with van der Waals surface area (Å²) < 4.78 is 14.1. The van der Waals surface area contributed by atoms with Gasteiger partial charge in [-0.3, -0.25) is 4.79 Å². The van der Waals surface area contributed by atoms with Gasteiger partial charge in [0.25, 0.3) is 5.91 Å². The quantitative estimate of drug-likeness (QED) is 0.870. The number of rotatable bonds is 3. The summed E-state index contributed by atoms with van der Waals surface area (Å²) in [7, 11) is 0. The highest BCUT2D eigenvalue weighted by Gasteiger charge is 2.24. The maximum Gasteiger partial charge on any atom is 0.254 e. The highest BCUT2D eigenvalue weighted by molar-refractivity contribution is 9.10. The van der Waals surface area contributed by atoms with Crippen molar-refractivity contribution in [2.24, 2.45) is 0 Å². The summed E-state index contributed by atoms with van der Waals surface area (Å²) in [5.41, 5.74) is 1.85. The molecule has 1 heterocycles. The molecular weight excluding hydrogens is 359 g/mol. The number of hydrogen-bond donors (Lipinski definition) is 1. The number of piperazine rings is 1. The van der Waals surface area contributed by atoms with Gasteiger partial charge >= 0.3 is 0 Å². The summed E-state index contributed by atoms with van der Waals surface area (Å²) in [6.45, 7) is 4.27. The normalized spacial score (nSPS) is 15.7.